The first-order valence-corrected chi connectivity index (χ1v) is 2.63. The fourth-order valence-electron chi connectivity index (χ4n) is 0.256. The van der Waals surface area contributed by atoms with E-state index in [9.17, 15) is 0 Å². The van der Waals surface area contributed by atoms with Crippen LogP contribution in [0.25, 0.3) is 0 Å². The van der Waals surface area contributed by atoms with Crippen LogP contribution >= 0.6 is 0 Å². The van der Waals surface area contributed by atoms with Crippen LogP contribution in [-0.4, -0.2) is 11.9 Å². The van der Waals surface area contributed by atoms with Gasteiger partial charge in [-0.25, -0.2) is 0 Å². The van der Waals surface area contributed by atoms with Gasteiger partial charge in [0.25, 0.3) is 0 Å². The molecule has 0 radical (unpaired) electrons. The van der Waals surface area contributed by atoms with Crippen LogP contribution < -0.4 is 0 Å². The molecule has 0 rings (SSSR count). The summed E-state index contributed by atoms with van der Waals surface area (Å²) in [6.45, 7) is 5.37. The Morgan fingerprint density at radius 2 is 2.33 bits per heavy atom. The van der Waals surface area contributed by atoms with Gasteiger partial charge >= 0.3 is 0 Å². The Bertz CT molecular complexity index is 154. The van der Waals surface area contributed by atoms with Crippen LogP contribution in [0.1, 0.15) is 6.92 Å². The molecule has 0 unspecified atom stereocenters. The molecule has 0 aliphatic carbocycles. The van der Waals surface area contributed by atoms with Gasteiger partial charge in [0.05, 0.1) is 0 Å². The van der Waals surface area contributed by atoms with Crippen LogP contribution in [0.4, 0.5) is 0 Å². The second-order valence-corrected chi connectivity index (χ2v) is 1.48. The molecule has 0 aromatic rings. The largest absolute Gasteiger partial charge is 0.309 e. The summed E-state index contributed by atoms with van der Waals surface area (Å²) in [5, 5.41) is 6.60. The average molecular weight is 122 g/mol. The summed E-state index contributed by atoms with van der Waals surface area (Å²) < 4.78 is 0. The van der Waals surface area contributed by atoms with Gasteiger partial charge in [-0.1, -0.05) is 6.58 Å². The zero-order valence-corrected chi connectivity index (χ0v) is 5.46. The van der Waals surface area contributed by atoms with Crippen molar-refractivity contribution in [1.82, 2.24) is 0 Å². The SMILES string of the molecule is C=CC(C)=NC=CC=N. The van der Waals surface area contributed by atoms with Crippen LogP contribution in [0.3, 0.4) is 0 Å². The van der Waals surface area contributed by atoms with Gasteiger partial charge in [-0.3, -0.25) is 4.99 Å². The van der Waals surface area contributed by atoms with Crippen molar-refractivity contribution in [2.45, 2.75) is 6.92 Å². The normalized spacial score (nSPS) is 11.9. The van der Waals surface area contributed by atoms with E-state index in [1.165, 1.54) is 6.21 Å². The van der Waals surface area contributed by atoms with E-state index in [-0.39, 0.29) is 0 Å². The van der Waals surface area contributed by atoms with E-state index in [1.807, 2.05) is 6.92 Å². The highest BCUT2D eigenvalue weighted by molar-refractivity contribution is 5.92. The molecule has 0 fully saturated rings. The Morgan fingerprint density at radius 3 is 2.78 bits per heavy atom. The first-order valence-electron chi connectivity index (χ1n) is 2.63. The molecule has 0 atom stereocenters. The van der Waals surface area contributed by atoms with Gasteiger partial charge in [0.15, 0.2) is 0 Å². The van der Waals surface area contributed by atoms with Crippen LogP contribution in [0.5, 0.6) is 0 Å². The lowest BCUT2D eigenvalue weighted by molar-refractivity contribution is 1.53. The Balaban J connectivity index is 3.81. The summed E-state index contributed by atoms with van der Waals surface area (Å²) in [6, 6.07) is 0. The number of nitrogens with zero attached hydrogens (tertiary/aromatic N) is 1. The third kappa shape index (κ3) is 4.68. The summed E-state index contributed by atoms with van der Waals surface area (Å²) >= 11 is 0. The fourth-order valence-corrected chi connectivity index (χ4v) is 0.256. The second kappa shape index (κ2) is 4.97. The van der Waals surface area contributed by atoms with Crippen molar-refractivity contribution in [2.75, 3.05) is 0 Å². The van der Waals surface area contributed by atoms with Crippen molar-refractivity contribution in [3.05, 3.63) is 24.9 Å². The van der Waals surface area contributed by atoms with Crippen molar-refractivity contribution in [3.8, 4) is 0 Å². The zero-order chi connectivity index (χ0) is 7.11. The standard InChI is InChI=1S/C7H10N2/c1-3-7(2)9-6-4-5-8/h3-6,8H,1H2,2H3. The maximum atomic E-state index is 6.60. The second-order valence-electron chi connectivity index (χ2n) is 1.48. The molecule has 9 heavy (non-hydrogen) atoms. The Morgan fingerprint density at radius 1 is 1.67 bits per heavy atom. The van der Waals surface area contributed by atoms with E-state index >= 15 is 0 Å². The van der Waals surface area contributed by atoms with Crippen molar-refractivity contribution in [3.63, 3.8) is 0 Å². The minimum absolute atomic E-state index is 0.855. The van der Waals surface area contributed by atoms with E-state index < -0.39 is 0 Å². The molecule has 2 heteroatoms. The van der Waals surface area contributed by atoms with Gasteiger partial charge in [0.1, 0.15) is 0 Å². The number of rotatable bonds is 3. The number of hydrogen-bond donors (Lipinski definition) is 1. The highest BCUT2D eigenvalue weighted by atomic mass is 14.7. The summed E-state index contributed by atoms with van der Waals surface area (Å²) in [5.74, 6) is 0. The molecule has 48 valence electrons. The quantitative estimate of drug-likeness (QED) is 0.554. The predicted octanol–water partition coefficient (Wildman–Crippen LogP) is 1.80. The minimum atomic E-state index is 0.855. The van der Waals surface area contributed by atoms with Gasteiger partial charge in [-0.15, -0.1) is 0 Å². The molecule has 0 heterocycles. The van der Waals surface area contributed by atoms with E-state index in [0.717, 1.165) is 5.71 Å². The third-order valence-corrected chi connectivity index (χ3v) is 0.756. The molecule has 0 aliphatic heterocycles. The lowest BCUT2D eigenvalue weighted by Crippen LogP contribution is -1.78. The number of allylic oxidation sites excluding steroid dienone is 2. The first-order chi connectivity index (χ1) is 4.31. The van der Waals surface area contributed by atoms with Crippen molar-refractivity contribution in [2.24, 2.45) is 4.99 Å². The van der Waals surface area contributed by atoms with E-state index in [1.54, 1.807) is 18.4 Å². The molecule has 2 nitrogen and oxygen atoms in total. The van der Waals surface area contributed by atoms with Crippen LogP contribution in [0.15, 0.2) is 29.9 Å². The molecule has 0 spiro atoms. The molecular weight excluding hydrogens is 112 g/mol. The smallest absolute Gasteiger partial charge is 0.0366 e. The monoisotopic (exact) mass is 122 g/mol. The summed E-state index contributed by atoms with van der Waals surface area (Å²) in [4.78, 5) is 3.90. The predicted molar refractivity (Wildman–Crippen MR) is 41.2 cm³/mol. The minimum Gasteiger partial charge on any atom is -0.309 e. The summed E-state index contributed by atoms with van der Waals surface area (Å²) in [6.07, 6.45) is 5.95. The molecule has 0 aromatic heterocycles. The molecule has 0 aromatic carbocycles. The Labute approximate surface area is 55.1 Å². The number of hydrogen-bond acceptors (Lipinski definition) is 2. The van der Waals surface area contributed by atoms with Gasteiger partial charge in [0.2, 0.25) is 0 Å². The zero-order valence-electron chi connectivity index (χ0n) is 5.46. The third-order valence-electron chi connectivity index (χ3n) is 0.756. The lowest BCUT2D eigenvalue weighted by Gasteiger charge is -1.81. The van der Waals surface area contributed by atoms with Gasteiger partial charge in [-0.2, -0.15) is 0 Å². The van der Waals surface area contributed by atoms with Gasteiger partial charge in [0, 0.05) is 18.1 Å². The van der Waals surface area contributed by atoms with Gasteiger partial charge < -0.3 is 5.41 Å². The maximum absolute atomic E-state index is 6.60. The topological polar surface area (TPSA) is 36.2 Å². The lowest BCUT2D eigenvalue weighted by atomic mass is 10.4. The van der Waals surface area contributed by atoms with Crippen molar-refractivity contribution < 1.29 is 0 Å². The Kier molecular flexibility index (Phi) is 4.32. The van der Waals surface area contributed by atoms with Crippen LogP contribution in [0.2, 0.25) is 0 Å². The van der Waals surface area contributed by atoms with E-state index in [0.29, 0.717) is 0 Å². The van der Waals surface area contributed by atoms with Crippen molar-refractivity contribution >= 4 is 11.9 Å². The molecular formula is C7H10N2. The molecule has 1 N–H and O–H groups in total. The number of nitrogens with one attached hydrogen (secondary N) is 1. The Hall–Kier alpha value is -1.18. The average Bonchev–Trinajstić information content (AvgIpc) is 1.89. The molecule has 0 saturated heterocycles. The highest BCUT2D eigenvalue weighted by Gasteiger charge is 1.72. The summed E-state index contributed by atoms with van der Waals surface area (Å²) in [7, 11) is 0. The number of aliphatic imine (C=N–C) groups is 1. The first kappa shape index (κ1) is 7.82. The maximum Gasteiger partial charge on any atom is 0.0366 e. The van der Waals surface area contributed by atoms with Crippen LogP contribution in [-0.2, 0) is 0 Å². The molecule has 0 saturated carbocycles. The summed E-state index contributed by atoms with van der Waals surface area (Å²) in [5.41, 5.74) is 0.855. The molecule has 0 bridgehead atoms. The van der Waals surface area contributed by atoms with Crippen molar-refractivity contribution in [1.29, 1.82) is 5.41 Å². The highest BCUT2D eigenvalue weighted by Crippen LogP contribution is 1.78. The molecule has 0 aliphatic rings. The van der Waals surface area contributed by atoms with E-state index in [2.05, 4.69) is 11.6 Å². The van der Waals surface area contributed by atoms with Gasteiger partial charge in [-0.05, 0) is 19.1 Å². The van der Waals surface area contributed by atoms with E-state index in [4.69, 9.17) is 5.41 Å². The molecule has 0 amide bonds. The van der Waals surface area contributed by atoms with Crippen LogP contribution in [0, 0.1) is 5.41 Å². The fraction of sp³-hybridized carbons (Fsp3) is 0.143.